The minimum atomic E-state index is -0.637. The van der Waals surface area contributed by atoms with Crippen molar-refractivity contribution in [2.45, 2.75) is 6.92 Å². The molecule has 31 heavy (non-hydrogen) atoms. The number of hydrogen-bond donors (Lipinski definition) is 0. The lowest BCUT2D eigenvalue weighted by Crippen LogP contribution is -2.50. The highest BCUT2D eigenvalue weighted by Crippen LogP contribution is 2.30. The van der Waals surface area contributed by atoms with E-state index in [1.54, 1.807) is 18.9 Å². The van der Waals surface area contributed by atoms with Crippen LogP contribution < -0.4 is 10.5 Å². The van der Waals surface area contributed by atoms with Crippen LogP contribution >= 0.6 is 0 Å². The summed E-state index contributed by atoms with van der Waals surface area (Å²) in [6.07, 6.45) is 4.45. The van der Waals surface area contributed by atoms with E-state index < -0.39 is 11.5 Å². The number of benzene rings is 1. The van der Waals surface area contributed by atoms with Crippen LogP contribution in [0.15, 0.2) is 47.7 Å². The zero-order valence-corrected chi connectivity index (χ0v) is 17.4. The van der Waals surface area contributed by atoms with Crippen molar-refractivity contribution in [2.24, 2.45) is 7.05 Å². The summed E-state index contributed by atoms with van der Waals surface area (Å²) in [5.41, 5.74) is 1.21. The van der Waals surface area contributed by atoms with E-state index in [1.807, 2.05) is 29.2 Å². The summed E-state index contributed by atoms with van der Waals surface area (Å²) in [6.45, 7) is 3.68. The van der Waals surface area contributed by atoms with Gasteiger partial charge in [-0.3, -0.25) is 14.6 Å². The van der Waals surface area contributed by atoms with Gasteiger partial charge in [0, 0.05) is 51.0 Å². The molecular formula is C22H23N5O4. The smallest absolute Gasteiger partial charge is 0.345 e. The third-order valence-electron chi connectivity index (χ3n) is 5.42. The van der Waals surface area contributed by atoms with Gasteiger partial charge in [-0.15, -0.1) is 0 Å². The second-order valence-electron chi connectivity index (χ2n) is 7.20. The first kappa shape index (κ1) is 20.5. The molecule has 9 heteroatoms. The highest BCUT2D eigenvalue weighted by atomic mass is 16.5. The van der Waals surface area contributed by atoms with E-state index in [0.717, 1.165) is 10.9 Å². The van der Waals surface area contributed by atoms with E-state index in [-0.39, 0.29) is 18.1 Å². The number of nitrogens with zero attached hydrogens (tertiary/aromatic N) is 5. The zero-order valence-electron chi connectivity index (χ0n) is 17.4. The van der Waals surface area contributed by atoms with Crippen LogP contribution in [0.5, 0.6) is 0 Å². The van der Waals surface area contributed by atoms with Crippen molar-refractivity contribution >= 4 is 28.5 Å². The third-order valence-corrected chi connectivity index (χ3v) is 5.42. The number of amides is 1. The molecule has 4 rings (SSSR count). The first-order chi connectivity index (χ1) is 15.0. The van der Waals surface area contributed by atoms with E-state index in [2.05, 4.69) is 9.97 Å². The van der Waals surface area contributed by atoms with Crippen LogP contribution in [-0.2, 0) is 11.8 Å². The van der Waals surface area contributed by atoms with Gasteiger partial charge in [-0.25, -0.2) is 9.78 Å². The molecule has 160 valence electrons. The average molecular weight is 421 g/mol. The van der Waals surface area contributed by atoms with E-state index in [1.165, 1.54) is 23.2 Å². The maximum Gasteiger partial charge on any atom is 0.345 e. The van der Waals surface area contributed by atoms with E-state index in [9.17, 15) is 14.4 Å². The number of piperazine rings is 1. The van der Waals surface area contributed by atoms with Crippen molar-refractivity contribution in [1.29, 1.82) is 0 Å². The molecule has 0 unspecified atom stereocenters. The fourth-order valence-corrected chi connectivity index (χ4v) is 3.90. The molecule has 0 saturated carbocycles. The van der Waals surface area contributed by atoms with E-state index in [4.69, 9.17) is 4.74 Å². The van der Waals surface area contributed by atoms with Crippen molar-refractivity contribution in [1.82, 2.24) is 19.4 Å². The van der Waals surface area contributed by atoms with Crippen molar-refractivity contribution < 1.29 is 14.3 Å². The molecule has 1 saturated heterocycles. The summed E-state index contributed by atoms with van der Waals surface area (Å²) >= 11 is 0. The van der Waals surface area contributed by atoms with Crippen molar-refractivity contribution in [3.63, 3.8) is 0 Å². The Labute approximate surface area is 178 Å². The largest absolute Gasteiger partial charge is 0.462 e. The molecule has 3 aromatic rings. The molecule has 1 aliphatic rings. The maximum absolute atomic E-state index is 13.1. The molecule has 1 amide bonds. The summed E-state index contributed by atoms with van der Waals surface area (Å²) in [5, 5.41) is 0.793. The number of aromatic nitrogens is 3. The lowest BCUT2D eigenvalue weighted by atomic mass is 10.1. The quantitative estimate of drug-likeness (QED) is 0.589. The van der Waals surface area contributed by atoms with Crippen LogP contribution in [-0.4, -0.2) is 64.1 Å². The molecule has 1 aromatic carbocycles. The minimum Gasteiger partial charge on any atom is -0.462 e. The summed E-state index contributed by atoms with van der Waals surface area (Å²) in [5.74, 6) is -0.825. The Balaban J connectivity index is 1.71. The summed E-state index contributed by atoms with van der Waals surface area (Å²) < 4.78 is 6.67. The first-order valence-electron chi connectivity index (χ1n) is 10.1. The number of esters is 1. The molecule has 1 fully saturated rings. The summed E-state index contributed by atoms with van der Waals surface area (Å²) in [4.78, 5) is 50.2. The number of carbonyl (C=O) groups is 2. The number of anilines is 1. The number of aryl methyl sites for hydroxylation is 1. The molecule has 0 radical (unpaired) electrons. The Hall–Kier alpha value is -3.75. The van der Waals surface area contributed by atoms with Gasteiger partial charge < -0.3 is 19.1 Å². The molecule has 1 aliphatic heterocycles. The molecule has 0 atom stereocenters. The van der Waals surface area contributed by atoms with Gasteiger partial charge in [-0.2, -0.15) is 0 Å². The number of rotatable bonds is 4. The second-order valence-corrected chi connectivity index (χ2v) is 7.20. The Morgan fingerprint density at radius 2 is 1.84 bits per heavy atom. The Morgan fingerprint density at radius 1 is 1.10 bits per heavy atom. The molecule has 0 aliphatic carbocycles. The minimum absolute atomic E-state index is 0.0248. The number of fused-ring (bicyclic) bond motifs is 1. The van der Waals surface area contributed by atoms with Crippen molar-refractivity contribution in [2.75, 3.05) is 37.7 Å². The summed E-state index contributed by atoms with van der Waals surface area (Å²) in [6, 6.07) is 7.47. The van der Waals surface area contributed by atoms with Crippen LogP contribution in [0.2, 0.25) is 0 Å². The van der Waals surface area contributed by atoms with Gasteiger partial charge in [0.2, 0.25) is 0 Å². The topological polar surface area (TPSA) is 97.6 Å². The average Bonchev–Trinajstić information content (AvgIpc) is 2.81. The van der Waals surface area contributed by atoms with Gasteiger partial charge in [0.05, 0.1) is 24.0 Å². The Morgan fingerprint density at radius 3 is 2.52 bits per heavy atom. The molecule has 0 N–H and O–H groups in total. The molecule has 2 aromatic heterocycles. The predicted octanol–water partition coefficient (Wildman–Crippen LogP) is 1.47. The predicted molar refractivity (Wildman–Crippen MR) is 115 cm³/mol. The zero-order chi connectivity index (χ0) is 22.0. The van der Waals surface area contributed by atoms with Gasteiger partial charge in [-0.1, -0.05) is 18.2 Å². The lowest BCUT2D eigenvalue weighted by molar-refractivity contribution is 0.0523. The number of para-hydroxylation sites is 1. The van der Waals surface area contributed by atoms with Crippen molar-refractivity contribution in [3.05, 3.63) is 64.5 Å². The molecular weight excluding hydrogens is 398 g/mol. The maximum atomic E-state index is 13.1. The van der Waals surface area contributed by atoms with Crippen LogP contribution in [0.3, 0.4) is 0 Å². The van der Waals surface area contributed by atoms with Crippen LogP contribution in [0.1, 0.15) is 27.8 Å². The number of hydrogen-bond acceptors (Lipinski definition) is 7. The molecule has 9 nitrogen and oxygen atoms in total. The third kappa shape index (κ3) is 3.74. The van der Waals surface area contributed by atoms with Crippen LogP contribution in [0.25, 0.3) is 10.9 Å². The normalized spacial score (nSPS) is 14.0. The van der Waals surface area contributed by atoms with E-state index in [0.29, 0.717) is 37.6 Å². The van der Waals surface area contributed by atoms with Gasteiger partial charge in [-0.05, 0) is 13.0 Å². The fraction of sp³-hybridized carbons (Fsp3) is 0.318. The highest BCUT2D eigenvalue weighted by molar-refractivity contribution is 6.05. The standard InChI is InChI=1S/C22H23N5O4/c1-3-31-22(30)18-19(15-6-4-5-7-17(15)25(2)21(18)29)26-10-12-27(13-11-26)20(28)16-14-23-8-9-24-16/h4-9,14H,3,10-13H2,1-2H3. The first-order valence-corrected chi connectivity index (χ1v) is 10.1. The molecule has 3 heterocycles. The van der Waals surface area contributed by atoms with Crippen molar-refractivity contribution in [3.8, 4) is 0 Å². The highest BCUT2D eigenvalue weighted by Gasteiger charge is 2.30. The molecule has 0 bridgehead atoms. The van der Waals surface area contributed by atoms with Gasteiger partial charge in [0.25, 0.3) is 11.5 Å². The van der Waals surface area contributed by atoms with E-state index >= 15 is 0 Å². The number of pyridine rings is 1. The van der Waals surface area contributed by atoms with Gasteiger partial charge in [0.15, 0.2) is 0 Å². The fourth-order valence-electron chi connectivity index (χ4n) is 3.90. The van der Waals surface area contributed by atoms with Gasteiger partial charge >= 0.3 is 5.97 Å². The SMILES string of the molecule is CCOC(=O)c1c(N2CCN(C(=O)c3cnccn3)CC2)c2ccccc2n(C)c1=O. The van der Waals surface area contributed by atoms with Gasteiger partial charge in [0.1, 0.15) is 11.3 Å². The summed E-state index contributed by atoms with van der Waals surface area (Å²) in [7, 11) is 1.65. The second kappa shape index (κ2) is 8.55. The number of carbonyl (C=O) groups excluding carboxylic acids is 2. The monoisotopic (exact) mass is 421 g/mol. The lowest BCUT2D eigenvalue weighted by Gasteiger charge is -2.37. The molecule has 0 spiro atoms. The number of ether oxygens (including phenoxy) is 1. The Bertz CT molecular complexity index is 1180. The van der Waals surface area contributed by atoms with Crippen LogP contribution in [0.4, 0.5) is 5.69 Å². The Kier molecular flexibility index (Phi) is 5.66. The van der Waals surface area contributed by atoms with Crippen LogP contribution in [0, 0.1) is 0 Å².